The van der Waals surface area contributed by atoms with Gasteiger partial charge in [-0.2, -0.15) is 0 Å². The maximum Gasteiger partial charge on any atom is 0.271 e. The number of aliphatic hydroxyl groups excluding tert-OH is 1. The second-order valence-corrected chi connectivity index (χ2v) is 2.30. The Morgan fingerprint density at radius 3 is 3.00 bits per heavy atom. The van der Waals surface area contributed by atoms with Crippen LogP contribution in [0.2, 0.25) is 0 Å². The van der Waals surface area contributed by atoms with Crippen LogP contribution in [0.5, 0.6) is 0 Å². The fraction of sp³-hybridized carbons (Fsp3) is 0.400. The molecule has 1 rings (SSSR count). The van der Waals surface area contributed by atoms with Crippen molar-refractivity contribution >= 4 is 17.3 Å². The molecule has 1 aliphatic heterocycles. The maximum absolute atomic E-state index is 8.40. The van der Waals surface area contributed by atoms with Crippen LogP contribution >= 0.6 is 11.8 Å². The van der Waals surface area contributed by atoms with Crippen LogP contribution in [0.15, 0.2) is 16.1 Å². The SMILES string of the molecule is OCCC1=CN=[C+]S1.[Br-]. The lowest BCUT2D eigenvalue weighted by atomic mass is 10.4. The van der Waals surface area contributed by atoms with Crippen molar-refractivity contribution in [3.8, 4) is 0 Å². The number of thioether (sulfide) groups is 1. The van der Waals surface area contributed by atoms with E-state index >= 15 is 0 Å². The van der Waals surface area contributed by atoms with Gasteiger partial charge in [0.25, 0.3) is 5.55 Å². The highest BCUT2D eigenvalue weighted by Crippen LogP contribution is 2.20. The molecule has 0 bridgehead atoms. The summed E-state index contributed by atoms with van der Waals surface area (Å²) < 4.78 is 0. The van der Waals surface area contributed by atoms with Crippen molar-refractivity contribution in [1.29, 1.82) is 0 Å². The van der Waals surface area contributed by atoms with Crippen molar-refractivity contribution in [2.45, 2.75) is 6.42 Å². The van der Waals surface area contributed by atoms with Crippen molar-refractivity contribution in [3.05, 3.63) is 11.1 Å². The monoisotopic (exact) mass is 207 g/mol. The Hall–Kier alpha value is 0.110. The second-order valence-electron chi connectivity index (χ2n) is 1.39. The van der Waals surface area contributed by atoms with E-state index in [0.29, 0.717) is 6.42 Å². The average Bonchev–Trinajstić information content (AvgIpc) is 2.19. The molecule has 9 heavy (non-hydrogen) atoms. The Labute approximate surface area is 68.8 Å². The van der Waals surface area contributed by atoms with E-state index in [1.54, 1.807) is 6.20 Å². The summed E-state index contributed by atoms with van der Waals surface area (Å²) in [7, 11) is 0. The topological polar surface area (TPSA) is 32.6 Å². The zero-order valence-electron chi connectivity index (χ0n) is 4.67. The summed E-state index contributed by atoms with van der Waals surface area (Å²) in [4.78, 5) is 4.81. The van der Waals surface area contributed by atoms with Crippen molar-refractivity contribution in [1.82, 2.24) is 0 Å². The van der Waals surface area contributed by atoms with Gasteiger partial charge in [0.15, 0.2) is 6.20 Å². The van der Waals surface area contributed by atoms with Gasteiger partial charge in [-0.1, -0.05) is 0 Å². The summed E-state index contributed by atoms with van der Waals surface area (Å²) in [5.74, 6) is 0. The Morgan fingerprint density at radius 1 is 1.78 bits per heavy atom. The first kappa shape index (κ1) is 9.11. The number of nitrogens with zero attached hydrogens (tertiary/aromatic N) is 1. The lowest BCUT2D eigenvalue weighted by molar-refractivity contribution is -0.00000269. The first-order valence-electron chi connectivity index (χ1n) is 2.35. The Bertz CT molecular complexity index is 135. The van der Waals surface area contributed by atoms with Crippen LogP contribution in [0.25, 0.3) is 0 Å². The summed E-state index contributed by atoms with van der Waals surface area (Å²) in [6.45, 7) is 0.204. The summed E-state index contributed by atoms with van der Waals surface area (Å²) in [5.41, 5.74) is 2.70. The minimum Gasteiger partial charge on any atom is -1.00 e. The first-order valence-corrected chi connectivity index (χ1v) is 3.17. The van der Waals surface area contributed by atoms with Crippen LogP contribution in [0.3, 0.4) is 0 Å². The standard InChI is InChI=1S/C5H6NOS.BrH/c7-2-1-5-3-6-4-8-5;/h3,7H,1-2H2;1H/q+1;/p-1. The highest BCUT2D eigenvalue weighted by Gasteiger charge is 2.11. The first-order chi connectivity index (χ1) is 3.93. The van der Waals surface area contributed by atoms with Crippen LogP contribution < -0.4 is 17.0 Å². The third kappa shape index (κ3) is 2.96. The molecule has 0 fully saturated rings. The molecule has 0 aliphatic carbocycles. The van der Waals surface area contributed by atoms with Crippen molar-refractivity contribution < 1.29 is 22.1 Å². The average molecular weight is 208 g/mol. The maximum atomic E-state index is 8.40. The summed E-state index contributed by atoms with van der Waals surface area (Å²) in [6, 6.07) is 0. The van der Waals surface area contributed by atoms with E-state index in [0.717, 1.165) is 4.91 Å². The van der Waals surface area contributed by atoms with E-state index in [1.807, 2.05) is 0 Å². The van der Waals surface area contributed by atoms with Gasteiger partial charge in [-0.3, -0.25) is 0 Å². The molecule has 1 heterocycles. The van der Waals surface area contributed by atoms with Crippen LogP contribution in [-0.2, 0) is 0 Å². The predicted octanol–water partition coefficient (Wildman–Crippen LogP) is -2.13. The van der Waals surface area contributed by atoms with Crippen LogP contribution in [0, 0.1) is 0 Å². The van der Waals surface area contributed by atoms with E-state index in [2.05, 4.69) is 10.5 Å². The molecule has 0 radical (unpaired) electrons. The van der Waals surface area contributed by atoms with E-state index in [1.165, 1.54) is 11.8 Å². The van der Waals surface area contributed by atoms with Gasteiger partial charge in [-0.25, -0.2) is 0 Å². The minimum absolute atomic E-state index is 0. The third-order valence-electron chi connectivity index (χ3n) is 0.796. The number of halogens is 1. The van der Waals surface area contributed by atoms with Gasteiger partial charge in [0, 0.05) is 13.0 Å². The molecule has 0 atom stereocenters. The van der Waals surface area contributed by atoms with Gasteiger partial charge in [0.2, 0.25) is 0 Å². The smallest absolute Gasteiger partial charge is 0.271 e. The molecule has 0 aromatic heterocycles. The molecule has 50 valence electrons. The van der Waals surface area contributed by atoms with Crippen LogP contribution in [-0.4, -0.2) is 17.3 Å². The Kier molecular flexibility index (Phi) is 5.00. The van der Waals surface area contributed by atoms with Crippen molar-refractivity contribution in [2.75, 3.05) is 6.61 Å². The quantitative estimate of drug-likeness (QED) is 0.525. The van der Waals surface area contributed by atoms with Gasteiger partial charge >= 0.3 is 0 Å². The number of aliphatic imine (C=N–C) groups is 1. The molecule has 0 amide bonds. The third-order valence-corrected chi connectivity index (χ3v) is 1.56. The second kappa shape index (κ2) is 4.94. The normalized spacial score (nSPS) is 14.1. The molecule has 0 unspecified atom stereocenters. The largest absolute Gasteiger partial charge is 1.00 e. The lowest BCUT2D eigenvalue weighted by Gasteiger charge is -1.82. The van der Waals surface area contributed by atoms with Crippen LogP contribution in [0.1, 0.15) is 6.42 Å². The molecule has 1 aliphatic rings. The van der Waals surface area contributed by atoms with Gasteiger partial charge in [-0.15, -0.1) is 0 Å². The van der Waals surface area contributed by atoms with E-state index in [9.17, 15) is 0 Å². The van der Waals surface area contributed by atoms with Gasteiger partial charge in [0.1, 0.15) is 16.7 Å². The number of hydrogen-bond donors (Lipinski definition) is 1. The van der Waals surface area contributed by atoms with Crippen molar-refractivity contribution in [3.63, 3.8) is 0 Å². The molecule has 0 aromatic carbocycles. The van der Waals surface area contributed by atoms with Crippen molar-refractivity contribution in [2.24, 2.45) is 4.99 Å². The molecule has 0 saturated carbocycles. The molecular weight excluding hydrogens is 202 g/mol. The summed E-state index contributed by atoms with van der Waals surface area (Å²) >= 11 is 1.45. The van der Waals surface area contributed by atoms with E-state index in [-0.39, 0.29) is 23.6 Å². The zero-order valence-corrected chi connectivity index (χ0v) is 7.07. The van der Waals surface area contributed by atoms with Gasteiger partial charge in [-0.05, 0) is 4.99 Å². The zero-order chi connectivity index (χ0) is 5.82. The molecule has 0 aromatic rings. The van der Waals surface area contributed by atoms with E-state index < -0.39 is 0 Å². The predicted molar refractivity (Wildman–Crippen MR) is 34.8 cm³/mol. The molecule has 4 heteroatoms. The Balaban J connectivity index is 0.000000640. The molecular formula is C5H6BrNOS. The summed E-state index contributed by atoms with van der Waals surface area (Å²) in [6.07, 6.45) is 2.43. The fourth-order valence-corrected chi connectivity index (χ4v) is 0.957. The highest BCUT2D eigenvalue weighted by molar-refractivity contribution is 8.15. The lowest BCUT2D eigenvalue weighted by Crippen LogP contribution is -3.00. The number of aliphatic hydroxyl groups is 1. The minimum atomic E-state index is 0. The molecule has 1 N–H and O–H groups in total. The van der Waals surface area contributed by atoms with Gasteiger partial charge < -0.3 is 22.1 Å². The van der Waals surface area contributed by atoms with E-state index in [4.69, 9.17) is 5.11 Å². The fourth-order valence-electron chi connectivity index (χ4n) is 0.435. The summed E-state index contributed by atoms with van der Waals surface area (Å²) in [5, 5.41) is 8.40. The van der Waals surface area contributed by atoms with Crippen LogP contribution in [0.4, 0.5) is 0 Å². The molecule has 2 nitrogen and oxygen atoms in total. The molecule has 0 saturated heterocycles. The number of rotatable bonds is 2. The highest BCUT2D eigenvalue weighted by atomic mass is 79.9. The van der Waals surface area contributed by atoms with Gasteiger partial charge in [0.05, 0.1) is 0 Å². The molecule has 0 spiro atoms. The Morgan fingerprint density at radius 2 is 2.56 bits per heavy atom. The number of hydrogen-bond acceptors (Lipinski definition) is 3.